The molecule has 1 aliphatic carbocycles. The highest BCUT2D eigenvalue weighted by molar-refractivity contribution is 4.98. The lowest BCUT2D eigenvalue weighted by atomic mass is 9.80. The third kappa shape index (κ3) is 4.30. The maximum Gasteiger partial charge on any atom is 0.226 e. The van der Waals surface area contributed by atoms with Crippen LogP contribution < -0.4 is 5.73 Å². The van der Waals surface area contributed by atoms with Gasteiger partial charge in [-0.1, -0.05) is 37.8 Å². The Bertz CT molecular complexity index is 364. The van der Waals surface area contributed by atoms with Gasteiger partial charge in [-0.15, -0.1) is 0 Å². The van der Waals surface area contributed by atoms with Crippen LogP contribution in [0.1, 0.15) is 75.9 Å². The number of nitrogens with zero attached hydrogens (tertiary/aromatic N) is 2. The van der Waals surface area contributed by atoms with E-state index in [4.69, 9.17) is 10.3 Å². The van der Waals surface area contributed by atoms with E-state index in [0.29, 0.717) is 5.92 Å². The molecule has 108 valence electrons. The van der Waals surface area contributed by atoms with Gasteiger partial charge in [0.2, 0.25) is 5.89 Å². The summed E-state index contributed by atoms with van der Waals surface area (Å²) in [6.07, 6.45) is 10.7. The van der Waals surface area contributed by atoms with Crippen molar-refractivity contribution in [1.29, 1.82) is 0 Å². The normalized spacial score (nSPS) is 23.7. The second-order valence-electron chi connectivity index (χ2n) is 5.78. The summed E-state index contributed by atoms with van der Waals surface area (Å²) < 4.78 is 5.37. The van der Waals surface area contributed by atoms with Gasteiger partial charge in [-0.3, -0.25) is 0 Å². The molecule has 2 unspecified atom stereocenters. The number of rotatable bonds is 7. The molecule has 4 heteroatoms. The fourth-order valence-corrected chi connectivity index (χ4v) is 3.03. The Hall–Kier alpha value is -0.900. The average molecular weight is 265 g/mol. The SMILES string of the molecule is CCC1CCCC(c2noc(CCCCCN)n2)C1. The Balaban J connectivity index is 1.82. The van der Waals surface area contributed by atoms with E-state index in [0.717, 1.165) is 49.9 Å². The Labute approximate surface area is 116 Å². The maximum atomic E-state index is 5.48. The van der Waals surface area contributed by atoms with Gasteiger partial charge in [0.1, 0.15) is 0 Å². The molecule has 1 fully saturated rings. The van der Waals surface area contributed by atoms with Crippen molar-refractivity contribution >= 4 is 0 Å². The number of hydrogen-bond donors (Lipinski definition) is 1. The molecule has 0 spiro atoms. The van der Waals surface area contributed by atoms with Crippen LogP contribution in [-0.4, -0.2) is 16.7 Å². The van der Waals surface area contributed by atoms with E-state index >= 15 is 0 Å². The number of nitrogens with two attached hydrogens (primary N) is 1. The summed E-state index contributed by atoms with van der Waals surface area (Å²) in [5, 5.41) is 4.20. The second kappa shape index (κ2) is 7.63. The lowest BCUT2D eigenvalue weighted by Gasteiger charge is -2.26. The summed E-state index contributed by atoms with van der Waals surface area (Å²) in [4.78, 5) is 4.59. The van der Waals surface area contributed by atoms with Gasteiger partial charge in [-0.05, 0) is 38.1 Å². The van der Waals surface area contributed by atoms with Crippen LogP contribution in [0.2, 0.25) is 0 Å². The van der Waals surface area contributed by atoms with Crippen molar-refractivity contribution in [3.63, 3.8) is 0 Å². The van der Waals surface area contributed by atoms with Crippen LogP contribution in [0.3, 0.4) is 0 Å². The predicted octanol–water partition coefficient (Wildman–Crippen LogP) is 3.42. The van der Waals surface area contributed by atoms with Gasteiger partial charge in [0, 0.05) is 12.3 Å². The van der Waals surface area contributed by atoms with Gasteiger partial charge in [-0.2, -0.15) is 4.98 Å². The van der Waals surface area contributed by atoms with Gasteiger partial charge in [-0.25, -0.2) is 0 Å². The van der Waals surface area contributed by atoms with Gasteiger partial charge >= 0.3 is 0 Å². The molecule has 4 nitrogen and oxygen atoms in total. The zero-order chi connectivity index (χ0) is 13.5. The summed E-state index contributed by atoms with van der Waals surface area (Å²) in [6.45, 7) is 3.06. The summed E-state index contributed by atoms with van der Waals surface area (Å²) in [7, 11) is 0. The first-order valence-corrected chi connectivity index (χ1v) is 7.86. The molecule has 0 aliphatic heterocycles. The lowest BCUT2D eigenvalue weighted by Crippen LogP contribution is -2.14. The predicted molar refractivity (Wildman–Crippen MR) is 75.9 cm³/mol. The van der Waals surface area contributed by atoms with Crippen LogP contribution in [-0.2, 0) is 6.42 Å². The highest BCUT2D eigenvalue weighted by Crippen LogP contribution is 2.36. The molecule has 1 saturated carbocycles. The highest BCUT2D eigenvalue weighted by atomic mass is 16.5. The zero-order valence-corrected chi connectivity index (χ0v) is 12.1. The van der Waals surface area contributed by atoms with Gasteiger partial charge < -0.3 is 10.3 Å². The number of aromatic nitrogens is 2. The second-order valence-corrected chi connectivity index (χ2v) is 5.78. The number of unbranched alkanes of at least 4 members (excludes halogenated alkanes) is 2. The topological polar surface area (TPSA) is 64.9 Å². The monoisotopic (exact) mass is 265 g/mol. The smallest absolute Gasteiger partial charge is 0.226 e. The highest BCUT2D eigenvalue weighted by Gasteiger charge is 2.25. The van der Waals surface area contributed by atoms with Crippen molar-refractivity contribution in [2.75, 3.05) is 6.54 Å². The summed E-state index contributed by atoms with van der Waals surface area (Å²) in [5.41, 5.74) is 5.48. The first kappa shape index (κ1) is 14.5. The van der Waals surface area contributed by atoms with Crippen LogP contribution in [0.4, 0.5) is 0 Å². The van der Waals surface area contributed by atoms with Crippen molar-refractivity contribution in [1.82, 2.24) is 10.1 Å². The molecule has 0 bridgehead atoms. The van der Waals surface area contributed by atoms with Crippen LogP contribution in [0.25, 0.3) is 0 Å². The molecule has 0 aromatic carbocycles. The summed E-state index contributed by atoms with van der Waals surface area (Å²) >= 11 is 0. The quantitative estimate of drug-likeness (QED) is 0.767. The van der Waals surface area contributed by atoms with Gasteiger partial charge in [0.25, 0.3) is 0 Å². The Morgan fingerprint density at radius 3 is 2.95 bits per heavy atom. The average Bonchev–Trinajstić information content (AvgIpc) is 2.92. The fourth-order valence-electron chi connectivity index (χ4n) is 3.03. The molecule has 1 aliphatic rings. The molecule has 2 N–H and O–H groups in total. The van der Waals surface area contributed by atoms with Gasteiger partial charge in [0.15, 0.2) is 5.82 Å². The van der Waals surface area contributed by atoms with E-state index in [1.165, 1.54) is 32.1 Å². The third-order valence-electron chi connectivity index (χ3n) is 4.30. The molecule has 1 aromatic rings. The van der Waals surface area contributed by atoms with Crippen molar-refractivity contribution in [2.24, 2.45) is 11.7 Å². The molecule has 2 rings (SSSR count). The van der Waals surface area contributed by atoms with E-state index in [1.807, 2.05) is 0 Å². The molecular formula is C15H27N3O. The molecule has 2 atom stereocenters. The minimum absolute atomic E-state index is 0.528. The lowest BCUT2D eigenvalue weighted by molar-refractivity contribution is 0.297. The summed E-state index contributed by atoms with van der Waals surface area (Å²) in [6, 6.07) is 0. The minimum Gasteiger partial charge on any atom is -0.339 e. The van der Waals surface area contributed by atoms with Crippen LogP contribution in [0.5, 0.6) is 0 Å². The fraction of sp³-hybridized carbons (Fsp3) is 0.867. The van der Waals surface area contributed by atoms with E-state index < -0.39 is 0 Å². The maximum absolute atomic E-state index is 5.48. The largest absolute Gasteiger partial charge is 0.339 e. The molecule has 0 radical (unpaired) electrons. The van der Waals surface area contributed by atoms with E-state index in [-0.39, 0.29) is 0 Å². The van der Waals surface area contributed by atoms with Crippen LogP contribution >= 0.6 is 0 Å². The molecule has 1 heterocycles. The van der Waals surface area contributed by atoms with E-state index in [9.17, 15) is 0 Å². The van der Waals surface area contributed by atoms with Crippen LogP contribution in [0, 0.1) is 5.92 Å². The standard InChI is InChI=1S/C15H27N3O/c1-2-12-7-6-8-13(11-12)15-17-14(19-18-15)9-4-3-5-10-16/h12-13H,2-11,16H2,1H3. The zero-order valence-electron chi connectivity index (χ0n) is 12.1. The minimum atomic E-state index is 0.528. The van der Waals surface area contributed by atoms with Crippen LogP contribution in [0.15, 0.2) is 4.52 Å². The van der Waals surface area contributed by atoms with Crippen molar-refractivity contribution in [3.05, 3.63) is 11.7 Å². The van der Waals surface area contributed by atoms with Crippen molar-refractivity contribution < 1.29 is 4.52 Å². The molecule has 1 aromatic heterocycles. The Morgan fingerprint density at radius 2 is 2.16 bits per heavy atom. The Kier molecular flexibility index (Phi) is 5.83. The van der Waals surface area contributed by atoms with E-state index in [2.05, 4.69) is 17.1 Å². The Morgan fingerprint density at radius 1 is 1.26 bits per heavy atom. The van der Waals surface area contributed by atoms with E-state index in [1.54, 1.807) is 0 Å². The van der Waals surface area contributed by atoms with Crippen molar-refractivity contribution in [3.8, 4) is 0 Å². The number of aryl methyl sites for hydroxylation is 1. The molecule has 0 saturated heterocycles. The molecule has 19 heavy (non-hydrogen) atoms. The van der Waals surface area contributed by atoms with Gasteiger partial charge in [0.05, 0.1) is 0 Å². The number of hydrogen-bond acceptors (Lipinski definition) is 4. The first-order chi connectivity index (χ1) is 9.33. The third-order valence-corrected chi connectivity index (χ3v) is 4.30. The first-order valence-electron chi connectivity index (χ1n) is 7.86. The summed E-state index contributed by atoms with van der Waals surface area (Å²) in [5.74, 6) is 3.14. The molecule has 0 amide bonds. The molecular weight excluding hydrogens is 238 g/mol. The van der Waals surface area contributed by atoms with Crippen molar-refractivity contribution in [2.45, 2.75) is 70.6 Å².